The average molecular weight is 177 g/mol. The first-order valence-electron chi connectivity index (χ1n) is 4.90. The third-order valence-electron chi connectivity index (χ3n) is 2.87. The minimum atomic E-state index is 1.34. The van der Waals surface area contributed by atoms with Crippen molar-refractivity contribution in [3.63, 3.8) is 0 Å². The van der Waals surface area contributed by atoms with Crippen molar-refractivity contribution in [2.24, 2.45) is 0 Å². The van der Waals surface area contributed by atoms with E-state index in [0.717, 1.165) is 0 Å². The molecule has 0 saturated heterocycles. The van der Waals surface area contributed by atoms with Crippen LogP contribution in [0, 0.1) is 6.92 Å². The Morgan fingerprint density at radius 1 is 0.857 bits per heavy atom. The van der Waals surface area contributed by atoms with Crippen molar-refractivity contribution in [2.75, 3.05) is 0 Å². The van der Waals surface area contributed by atoms with Gasteiger partial charge in [-0.05, 0) is 18.1 Å². The summed E-state index contributed by atoms with van der Waals surface area (Å²) in [5, 5.41) is 0. The van der Waals surface area contributed by atoms with Crippen molar-refractivity contribution in [1.82, 2.24) is 0 Å². The quantitative estimate of drug-likeness (QED) is 0.458. The molecule has 0 N–H and O–H groups in total. The smallest absolute Gasteiger partial charge is 0.0737 e. The summed E-state index contributed by atoms with van der Waals surface area (Å²) >= 11 is 0. The summed E-state index contributed by atoms with van der Waals surface area (Å²) in [6.45, 7) is 2.17. The van der Waals surface area contributed by atoms with Crippen molar-refractivity contribution < 1.29 is 0 Å². The number of aryl methyl sites for hydroxylation is 1. The SMILES string of the molecule is Cc1cccc2c1[B]c1ccccc1-2. The Morgan fingerprint density at radius 3 is 2.57 bits per heavy atom. The molecule has 0 aromatic heterocycles. The van der Waals surface area contributed by atoms with E-state index in [1.54, 1.807) is 0 Å². The maximum absolute atomic E-state index is 2.28. The molecule has 2 aromatic rings. The zero-order valence-electron chi connectivity index (χ0n) is 8.12. The van der Waals surface area contributed by atoms with Gasteiger partial charge in [-0.15, -0.1) is 0 Å². The fraction of sp³-hybridized carbons (Fsp3) is 0.0769. The summed E-state index contributed by atoms with van der Waals surface area (Å²) in [6.07, 6.45) is 0. The summed E-state index contributed by atoms with van der Waals surface area (Å²) in [4.78, 5) is 0. The lowest BCUT2D eigenvalue weighted by Crippen LogP contribution is -2.22. The molecular weight excluding hydrogens is 167 g/mol. The first-order valence-corrected chi connectivity index (χ1v) is 4.90. The highest BCUT2D eigenvalue weighted by atomic mass is 14.1. The van der Waals surface area contributed by atoms with Crippen LogP contribution in [0.4, 0.5) is 0 Å². The van der Waals surface area contributed by atoms with Crippen molar-refractivity contribution in [3.05, 3.63) is 48.0 Å². The van der Waals surface area contributed by atoms with Gasteiger partial charge in [-0.2, -0.15) is 0 Å². The fourth-order valence-electron chi connectivity index (χ4n) is 2.13. The Kier molecular flexibility index (Phi) is 1.54. The molecule has 2 aromatic carbocycles. The topological polar surface area (TPSA) is 0 Å². The molecule has 65 valence electrons. The van der Waals surface area contributed by atoms with Crippen molar-refractivity contribution >= 4 is 18.2 Å². The van der Waals surface area contributed by atoms with E-state index >= 15 is 0 Å². The van der Waals surface area contributed by atoms with Gasteiger partial charge in [-0.1, -0.05) is 59.0 Å². The molecule has 1 heterocycles. The summed E-state index contributed by atoms with van der Waals surface area (Å²) in [5.74, 6) is 0. The monoisotopic (exact) mass is 177 g/mol. The van der Waals surface area contributed by atoms with Gasteiger partial charge in [0.25, 0.3) is 0 Å². The first-order chi connectivity index (χ1) is 6.86. The predicted octanol–water partition coefficient (Wildman–Crippen LogP) is 1.63. The zero-order valence-corrected chi connectivity index (χ0v) is 8.12. The van der Waals surface area contributed by atoms with Crippen molar-refractivity contribution in [2.45, 2.75) is 6.92 Å². The van der Waals surface area contributed by atoms with Gasteiger partial charge < -0.3 is 0 Å². The van der Waals surface area contributed by atoms with Crippen LogP contribution in [0.15, 0.2) is 42.5 Å². The minimum Gasteiger partial charge on any atom is -0.0737 e. The van der Waals surface area contributed by atoms with E-state index < -0.39 is 0 Å². The molecule has 0 saturated carbocycles. The molecule has 0 unspecified atom stereocenters. The van der Waals surface area contributed by atoms with E-state index in [4.69, 9.17) is 0 Å². The van der Waals surface area contributed by atoms with E-state index in [1.165, 1.54) is 27.6 Å². The van der Waals surface area contributed by atoms with E-state index in [0.29, 0.717) is 0 Å². The Hall–Kier alpha value is -1.50. The average Bonchev–Trinajstić information content (AvgIpc) is 2.59. The number of benzene rings is 2. The standard InChI is InChI=1S/C13H10B/c1-9-5-4-7-11-10-6-2-3-8-12(10)14-13(9)11/h2-8H,1H3. The second-order valence-corrected chi connectivity index (χ2v) is 3.77. The third-order valence-corrected chi connectivity index (χ3v) is 2.87. The maximum atomic E-state index is 2.28. The number of hydrogen-bond donors (Lipinski definition) is 0. The molecule has 14 heavy (non-hydrogen) atoms. The van der Waals surface area contributed by atoms with Gasteiger partial charge in [0.1, 0.15) is 0 Å². The van der Waals surface area contributed by atoms with Gasteiger partial charge in [0.05, 0.1) is 0 Å². The van der Waals surface area contributed by atoms with Gasteiger partial charge >= 0.3 is 0 Å². The molecule has 1 aliphatic rings. The Morgan fingerprint density at radius 2 is 1.64 bits per heavy atom. The number of fused-ring (bicyclic) bond motifs is 3. The summed E-state index contributed by atoms with van der Waals surface area (Å²) < 4.78 is 0. The molecule has 0 atom stereocenters. The Balaban J connectivity index is 2.33. The third kappa shape index (κ3) is 0.956. The molecule has 0 aliphatic carbocycles. The second kappa shape index (κ2) is 2.75. The highest BCUT2D eigenvalue weighted by Crippen LogP contribution is 2.20. The van der Waals surface area contributed by atoms with Crippen LogP contribution < -0.4 is 10.9 Å². The van der Waals surface area contributed by atoms with Gasteiger partial charge in [-0.25, -0.2) is 0 Å². The number of rotatable bonds is 0. The summed E-state index contributed by atoms with van der Waals surface area (Å²) in [6, 6.07) is 15.1. The summed E-state index contributed by atoms with van der Waals surface area (Å²) in [5.41, 5.74) is 6.83. The number of hydrogen-bond acceptors (Lipinski definition) is 0. The van der Waals surface area contributed by atoms with E-state index in [1.807, 2.05) is 0 Å². The van der Waals surface area contributed by atoms with Crippen LogP contribution in [-0.2, 0) is 0 Å². The Labute approximate surface area is 84.8 Å². The van der Waals surface area contributed by atoms with Crippen molar-refractivity contribution in [1.29, 1.82) is 0 Å². The molecule has 0 nitrogen and oxygen atoms in total. The van der Waals surface area contributed by atoms with Gasteiger partial charge in [-0.3, -0.25) is 0 Å². The normalized spacial score (nSPS) is 11.8. The predicted molar refractivity (Wildman–Crippen MR) is 61.6 cm³/mol. The molecule has 3 rings (SSSR count). The first kappa shape index (κ1) is 7.87. The molecule has 1 aliphatic heterocycles. The van der Waals surface area contributed by atoms with Crippen LogP contribution in [0.1, 0.15) is 5.56 Å². The van der Waals surface area contributed by atoms with Crippen LogP contribution in [0.2, 0.25) is 0 Å². The lowest BCUT2D eigenvalue weighted by molar-refractivity contribution is 1.52. The van der Waals surface area contributed by atoms with Crippen LogP contribution >= 0.6 is 0 Å². The second-order valence-electron chi connectivity index (χ2n) is 3.77. The van der Waals surface area contributed by atoms with Crippen LogP contribution in [0.25, 0.3) is 11.1 Å². The van der Waals surface area contributed by atoms with Crippen LogP contribution in [0.5, 0.6) is 0 Å². The van der Waals surface area contributed by atoms with Crippen LogP contribution in [0.3, 0.4) is 0 Å². The lowest BCUT2D eigenvalue weighted by atomic mass is 9.66. The fourth-order valence-corrected chi connectivity index (χ4v) is 2.13. The highest BCUT2D eigenvalue weighted by molar-refractivity contribution is 6.73. The van der Waals surface area contributed by atoms with E-state index in [9.17, 15) is 0 Å². The van der Waals surface area contributed by atoms with E-state index in [2.05, 4.69) is 56.7 Å². The molecule has 0 amide bonds. The van der Waals surface area contributed by atoms with E-state index in [-0.39, 0.29) is 0 Å². The van der Waals surface area contributed by atoms with Gasteiger partial charge in [0.2, 0.25) is 0 Å². The molecule has 0 bridgehead atoms. The molecular formula is C13H10B. The highest BCUT2D eigenvalue weighted by Gasteiger charge is 2.19. The van der Waals surface area contributed by atoms with Gasteiger partial charge in [0, 0.05) is 0 Å². The summed E-state index contributed by atoms with van der Waals surface area (Å²) in [7, 11) is 2.28. The largest absolute Gasteiger partial charge is 0.193 e. The van der Waals surface area contributed by atoms with Crippen molar-refractivity contribution in [3.8, 4) is 11.1 Å². The molecule has 1 radical (unpaired) electrons. The molecule has 0 fully saturated rings. The minimum absolute atomic E-state index is 1.34. The molecule has 0 spiro atoms. The van der Waals surface area contributed by atoms with Gasteiger partial charge in [0.15, 0.2) is 7.28 Å². The lowest BCUT2D eigenvalue weighted by Gasteiger charge is -2.03. The maximum Gasteiger partial charge on any atom is 0.193 e. The molecule has 1 heteroatoms. The Bertz CT molecular complexity index is 500. The van der Waals surface area contributed by atoms with Crippen LogP contribution in [-0.4, -0.2) is 7.28 Å². The zero-order chi connectivity index (χ0) is 9.54.